The molecule has 0 bridgehead atoms. The van der Waals surface area contributed by atoms with Crippen molar-refractivity contribution in [2.45, 2.75) is 43.0 Å². The first kappa shape index (κ1) is 16.3. The molecule has 0 saturated heterocycles. The zero-order valence-corrected chi connectivity index (χ0v) is 14.9. The average Bonchev–Trinajstić information content (AvgIpc) is 3.30. The zero-order valence-electron chi connectivity index (χ0n) is 13.3. The second-order valence-corrected chi connectivity index (χ2v) is 7.55. The molecule has 5 nitrogen and oxygen atoms in total. The van der Waals surface area contributed by atoms with Crippen molar-refractivity contribution in [3.63, 3.8) is 0 Å². The van der Waals surface area contributed by atoms with E-state index in [4.69, 9.17) is 11.6 Å². The summed E-state index contributed by atoms with van der Waals surface area (Å²) in [7, 11) is 1.96. The summed E-state index contributed by atoms with van der Waals surface area (Å²) < 4.78 is 2.00. The molecule has 1 N–H and O–H groups in total. The average molecular weight is 351 g/mol. The molecule has 0 aliphatic heterocycles. The van der Waals surface area contributed by atoms with Crippen molar-refractivity contribution in [3.05, 3.63) is 34.6 Å². The quantitative estimate of drug-likeness (QED) is 0.834. The Kier molecular flexibility index (Phi) is 4.64. The van der Waals surface area contributed by atoms with Gasteiger partial charge in [-0.3, -0.25) is 4.79 Å². The van der Waals surface area contributed by atoms with Crippen LogP contribution in [0.5, 0.6) is 0 Å². The van der Waals surface area contributed by atoms with Crippen molar-refractivity contribution in [1.29, 1.82) is 0 Å². The van der Waals surface area contributed by atoms with E-state index in [1.54, 1.807) is 0 Å². The SMILES string of the molecule is Cc1c(Cl)cccc1NC(=O)[C@@H](C)Sc1nnc(C2CC2)n1C. The van der Waals surface area contributed by atoms with Crippen LogP contribution in [0.1, 0.15) is 37.1 Å². The summed E-state index contributed by atoms with van der Waals surface area (Å²) in [6.45, 7) is 3.76. The maximum Gasteiger partial charge on any atom is 0.237 e. The largest absolute Gasteiger partial charge is 0.325 e. The number of carbonyl (C=O) groups is 1. The fraction of sp³-hybridized carbons (Fsp3) is 0.438. The van der Waals surface area contributed by atoms with Gasteiger partial charge in [0.2, 0.25) is 5.91 Å². The Morgan fingerprint density at radius 1 is 1.43 bits per heavy atom. The summed E-state index contributed by atoms with van der Waals surface area (Å²) in [5, 5.41) is 12.5. The normalized spacial score (nSPS) is 15.5. The van der Waals surface area contributed by atoms with Gasteiger partial charge in [0, 0.05) is 23.7 Å². The number of thioether (sulfide) groups is 1. The van der Waals surface area contributed by atoms with E-state index in [1.807, 2.05) is 43.7 Å². The third kappa shape index (κ3) is 3.53. The molecule has 7 heteroatoms. The maximum atomic E-state index is 12.4. The van der Waals surface area contributed by atoms with E-state index in [9.17, 15) is 4.79 Å². The van der Waals surface area contributed by atoms with Crippen LogP contribution in [0.2, 0.25) is 5.02 Å². The standard InChI is InChI=1S/C16H19ClN4OS/c1-9-12(17)5-4-6-13(9)18-15(22)10(2)23-16-20-19-14(21(16)3)11-7-8-11/h4-6,10-11H,7-8H2,1-3H3,(H,18,22)/t10-/m1/s1. The predicted octanol–water partition coefficient (Wildman–Crippen LogP) is 3.77. The lowest BCUT2D eigenvalue weighted by atomic mass is 10.2. The smallest absolute Gasteiger partial charge is 0.237 e. The zero-order chi connectivity index (χ0) is 16.6. The molecule has 1 fully saturated rings. The molecular formula is C16H19ClN4OS. The van der Waals surface area contributed by atoms with E-state index in [0.717, 1.165) is 22.2 Å². The van der Waals surface area contributed by atoms with Gasteiger partial charge in [0.1, 0.15) is 5.82 Å². The van der Waals surface area contributed by atoms with Crippen molar-refractivity contribution >= 4 is 35.0 Å². The molecule has 23 heavy (non-hydrogen) atoms. The van der Waals surface area contributed by atoms with Crippen LogP contribution in [0, 0.1) is 6.92 Å². The van der Waals surface area contributed by atoms with Gasteiger partial charge in [-0.05, 0) is 44.4 Å². The van der Waals surface area contributed by atoms with Crippen LogP contribution in [0.4, 0.5) is 5.69 Å². The number of anilines is 1. The van der Waals surface area contributed by atoms with Crippen molar-refractivity contribution in [3.8, 4) is 0 Å². The van der Waals surface area contributed by atoms with Gasteiger partial charge >= 0.3 is 0 Å². The van der Waals surface area contributed by atoms with E-state index < -0.39 is 0 Å². The van der Waals surface area contributed by atoms with E-state index in [-0.39, 0.29) is 11.2 Å². The van der Waals surface area contributed by atoms with Gasteiger partial charge < -0.3 is 9.88 Å². The van der Waals surface area contributed by atoms with Crippen molar-refractivity contribution in [2.75, 3.05) is 5.32 Å². The number of hydrogen-bond donors (Lipinski definition) is 1. The van der Waals surface area contributed by atoms with E-state index in [0.29, 0.717) is 10.9 Å². The lowest BCUT2D eigenvalue weighted by Gasteiger charge is -2.13. The Bertz CT molecular complexity index is 742. The van der Waals surface area contributed by atoms with Gasteiger partial charge in [-0.25, -0.2) is 0 Å². The number of nitrogens with one attached hydrogen (secondary N) is 1. The first-order chi connectivity index (χ1) is 11.0. The second-order valence-electron chi connectivity index (χ2n) is 5.84. The first-order valence-corrected chi connectivity index (χ1v) is 8.85. The number of carbonyl (C=O) groups excluding carboxylic acids is 1. The van der Waals surface area contributed by atoms with Gasteiger partial charge in [0.05, 0.1) is 5.25 Å². The summed E-state index contributed by atoms with van der Waals surface area (Å²) >= 11 is 7.51. The number of nitrogens with zero attached hydrogens (tertiary/aromatic N) is 3. The van der Waals surface area contributed by atoms with Gasteiger partial charge in [-0.1, -0.05) is 29.4 Å². The monoisotopic (exact) mass is 350 g/mol. The molecule has 1 aromatic heterocycles. The molecule has 1 saturated carbocycles. The number of hydrogen-bond acceptors (Lipinski definition) is 4. The third-order valence-corrected chi connectivity index (χ3v) is 5.53. The minimum absolute atomic E-state index is 0.0728. The Morgan fingerprint density at radius 2 is 2.17 bits per heavy atom. The lowest BCUT2D eigenvalue weighted by molar-refractivity contribution is -0.115. The van der Waals surface area contributed by atoms with Crippen LogP contribution in [-0.4, -0.2) is 25.9 Å². The molecule has 3 rings (SSSR count). The van der Waals surface area contributed by atoms with Crippen LogP contribution in [0.25, 0.3) is 0 Å². The van der Waals surface area contributed by atoms with Gasteiger partial charge in [-0.15, -0.1) is 10.2 Å². The molecule has 0 spiro atoms. The Balaban J connectivity index is 1.67. The topological polar surface area (TPSA) is 59.8 Å². The Labute approximate surface area is 144 Å². The minimum Gasteiger partial charge on any atom is -0.325 e. The minimum atomic E-state index is -0.275. The number of rotatable bonds is 5. The highest BCUT2D eigenvalue weighted by atomic mass is 35.5. The highest BCUT2D eigenvalue weighted by Gasteiger charge is 2.30. The summed E-state index contributed by atoms with van der Waals surface area (Å²) in [6, 6.07) is 5.49. The van der Waals surface area contributed by atoms with Crippen LogP contribution >= 0.6 is 23.4 Å². The van der Waals surface area contributed by atoms with Crippen molar-refractivity contribution < 1.29 is 4.79 Å². The lowest BCUT2D eigenvalue weighted by Crippen LogP contribution is -2.23. The Morgan fingerprint density at radius 3 is 2.87 bits per heavy atom. The van der Waals surface area contributed by atoms with Crippen molar-refractivity contribution in [1.82, 2.24) is 14.8 Å². The molecular weight excluding hydrogens is 332 g/mol. The van der Waals surface area contributed by atoms with Crippen LogP contribution < -0.4 is 5.32 Å². The molecule has 1 aliphatic rings. The Hall–Kier alpha value is -1.53. The van der Waals surface area contributed by atoms with Crippen LogP contribution in [0.3, 0.4) is 0 Å². The molecule has 1 amide bonds. The number of aromatic nitrogens is 3. The third-order valence-electron chi connectivity index (χ3n) is 3.99. The molecule has 122 valence electrons. The van der Waals surface area contributed by atoms with Crippen LogP contribution in [0.15, 0.2) is 23.4 Å². The van der Waals surface area contributed by atoms with Gasteiger partial charge in [0.15, 0.2) is 5.16 Å². The molecule has 2 aromatic rings. The molecule has 1 aromatic carbocycles. The highest BCUT2D eigenvalue weighted by Crippen LogP contribution is 2.39. The number of amides is 1. The second kappa shape index (κ2) is 6.53. The maximum absolute atomic E-state index is 12.4. The summed E-state index contributed by atoms with van der Waals surface area (Å²) in [6.07, 6.45) is 2.36. The van der Waals surface area contributed by atoms with Crippen LogP contribution in [-0.2, 0) is 11.8 Å². The van der Waals surface area contributed by atoms with Gasteiger partial charge in [0.25, 0.3) is 0 Å². The van der Waals surface area contributed by atoms with E-state index in [1.165, 1.54) is 24.6 Å². The fourth-order valence-electron chi connectivity index (χ4n) is 2.31. The predicted molar refractivity (Wildman–Crippen MR) is 93.1 cm³/mol. The number of halogens is 1. The molecule has 1 heterocycles. The van der Waals surface area contributed by atoms with Gasteiger partial charge in [-0.2, -0.15) is 0 Å². The highest BCUT2D eigenvalue weighted by molar-refractivity contribution is 8.00. The fourth-order valence-corrected chi connectivity index (χ4v) is 3.31. The summed E-state index contributed by atoms with van der Waals surface area (Å²) in [4.78, 5) is 12.4. The molecule has 0 radical (unpaired) electrons. The molecule has 1 aliphatic carbocycles. The summed E-state index contributed by atoms with van der Waals surface area (Å²) in [5.41, 5.74) is 1.61. The molecule has 1 atom stereocenters. The first-order valence-electron chi connectivity index (χ1n) is 7.59. The van der Waals surface area contributed by atoms with Crippen molar-refractivity contribution in [2.24, 2.45) is 7.05 Å². The number of benzene rings is 1. The van der Waals surface area contributed by atoms with E-state index >= 15 is 0 Å². The molecule has 0 unspecified atom stereocenters. The van der Waals surface area contributed by atoms with E-state index in [2.05, 4.69) is 15.5 Å². The summed E-state index contributed by atoms with van der Waals surface area (Å²) in [5.74, 6) is 1.49.